The van der Waals surface area contributed by atoms with E-state index in [1.165, 1.54) is 0 Å². The number of anilines is 1. The number of rotatable bonds is 7. The van der Waals surface area contributed by atoms with E-state index in [1.807, 2.05) is 85.7 Å². The molecule has 0 fully saturated rings. The van der Waals surface area contributed by atoms with Crippen molar-refractivity contribution in [2.45, 2.75) is 12.8 Å². The van der Waals surface area contributed by atoms with Crippen LogP contribution in [-0.4, -0.2) is 30.9 Å². The van der Waals surface area contributed by atoms with Crippen molar-refractivity contribution < 1.29 is 14.0 Å². The molecule has 172 valence electrons. The van der Waals surface area contributed by atoms with Crippen molar-refractivity contribution in [2.24, 2.45) is 0 Å². The van der Waals surface area contributed by atoms with Crippen molar-refractivity contribution in [3.8, 4) is 22.6 Å². The highest BCUT2D eigenvalue weighted by atomic mass is 16.4. The molecule has 0 unspecified atom stereocenters. The number of hydrogen-bond donors (Lipinski definition) is 2. The van der Waals surface area contributed by atoms with Crippen molar-refractivity contribution in [2.75, 3.05) is 19.0 Å². The van der Waals surface area contributed by atoms with Crippen molar-refractivity contribution in [1.29, 1.82) is 0 Å². The Labute approximate surface area is 198 Å². The van der Waals surface area contributed by atoms with Crippen molar-refractivity contribution in [3.63, 3.8) is 0 Å². The van der Waals surface area contributed by atoms with Crippen molar-refractivity contribution in [1.82, 2.24) is 15.8 Å². The minimum atomic E-state index is -0.383. The average molecular weight is 455 g/mol. The molecule has 0 bridgehead atoms. The van der Waals surface area contributed by atoms with E-state index in [0.717, 1.165) is 22.5 Å². The van der Waals surface area contributed by atoms with Gasteiger partial charge in [0, 0.05) is 49.3 Å². The van der Waals surface area contributed by atoms with E-state index in [9.17, 15) is 9.59 Å². The summed E-state index contributed by atoms with van der Waals surface area (Å²) in [6.45, 7) is 0. The second-order valence-corrected chi connectivity index (χ2v) is 7.96. The van der Waals surface area contributed by atoms with Crippen LogP contribution in [0, 0.1) is 0 Å². The molecule has 4 rings (SSSR count). The fraction of sp³-hybridized carbons (Fsp3) is 0.148. The minimum absolute atomic E-state index is 0.112. The van der Waals surface area contributed by atoms with Gasteiger partial charge in [0.25, 0.3) is 5.91 Å². The van der Waals surface area contributed by atoms with Gasteiger partial charge in [-0.05, 0) is 18.2 Å². The largest absolute Gasteiger partial charge is 0.440 e. The van der Waals surface area contributed by atoms with Crippen LogP contribution in [0.4, 0.5) is 5.69 Å². The van der Waals surface area contributed by atoms with Crippen LogP contribution in [0.3, 0.4) is 0 Å². The lowest BCUT2D eigenvalue weighted by molar-refractivity contribution is -0.121. The first kappa shape index (κ1) is 22.8. The van der Waals surface area contributed by atoms with Crippen LogP contribution in [0.15, 0.2) is 89.3 Å². The molecule has 0 aliphatic rings. The van der Waals surface area contributed by atoms with Gasteiger partial charge in [-0.3, -0.25) is 20.4 Å². The average Bonchev–Trinajstić information content (AvgIpc) is 3.31. The van der Waals surface area contributed by atoms with E-state index in [0.29, 0.717) is 23.6 Å². The summed E-state index contributed by atoms with van der Waals surface area (Å²) in [6, 6.07) is 26.7. The zero-order chi connectivity index (χ0) is 23.9. The quantitative estimate of drug-likeness (QED) is 0.403. The zero-order valence-corrected chi connectivity index (χ0v) is 19.1. The Morgan fingerprint density at radius 3 is 2.21 bits per heavy atom. The first-order valence-electron chi connectivity index (χ1n) is 11.0. The highest BCUT2D eigenvalue weighted by Gasteiger charge is 2.17. The third-order valence-electron chi connectivity index (χ3n) is 5.26. The van der Waals surface area contributed by atoms with Crippen LogP contribution in [0.2, 0.25) is 0 Å². The van der Waals surface area contributed by atoms with Crippen LogP contribution >= 0.6 is 0 Å². The van der Waals surface area contributed by atoms with E-state index >= 15 is 0 Å². The molecule has 7 nitrogen and oxygen atoms in total. The highest BCUT2D eigenvalue weighted by molar-refractivity contribution is 5.96. The summed E-state index contributed by atoms with van der Waals surface area (Å²) in [5, 5.41) is 0. The van der Waals surface area contributed by atoms with Crippen molar-refractivity contribution in [3.05, 3.63) is 96.4 Å². The second kappa shape index (κ2) is 10.5. The molecule has 0 saturated carbocycles. The molecule has 1 heterocycles. The summed E-state index contributed by atoms with van der Waals surface area (Å²) in [6.07, 6.45) is 0.408. The molecular weight excluding hydrogens is 428 g/mol. The smallest absolute Gasteiger partial charge is 0.269 e. The number of hydrazine groups is 1. The van der Waals surface area contributed by atoms with Crippen LogP contribution in [0.1, 0.15) is 22.7 Å². The molecule has 0 spiro atoms. The van der Waals surface area contributed by atoms with Gasteiger partial charge in [-0.15, -0.1) is 0 Å². The van der Waals surface area contributed by atoms with Gasteiger partial charge in [-0.1, -0.05) is 66.7 Å². The Morgan fingerprint density at radius 1 is 0.853 bits per heavy atom. The molecule has 0 radical (unpaired) electrons. The predicted octanol–water partition coefficient (Wildman–Crippen LogP) is 4.47. The van der Waals surface area contributed by atoms with E-state index in [2.05, 4.69) is 15.8 Å². The molecule has 0 atom stereocenters. The summed E-state index contributed by atoms with van der Waals surface area (Å²) in [5.74, 6) is 0.401. The monoisotopic (exact) mass is 454 g/mol. The Hall–Kier alpha value is -4.39. The number of carbonyl (C=O) groups is 2. The molecule has 0 aliphatic heterocycles. The Balaban J connectivity index is 1.40. The molecule has 4 aromatic rings. The van der Waals surface area contributed by atoms with Crippen LogP contribution in [0.5, 0.6) is 0 Å². The fourth-order valence-electron chi connectivity index (χ4n) is 3.46. The Bertz CT molecular complexity index is 1210. The van der Waals surface area contributed by atoms with Gasteiger partial charge in [0.15, 0.2) is 11.7 Å². The molecule has 2 N–H and O–H groups in total. The van der Waals surface area contributed by atoms with Crippen LogP contribution in [0.25, 0.3) is 22.6 Å². The second-order valence-electron chi connectivity index (χ2n) is 7.96. The lowest BCUT2D eigenvalue weighted by Gasteiger charge is -2.13. The predicted molar refractivity (Wildman–Crippen MR) is 132 cm³/mol. The van der Waals surface area contributed by atoms with E-state index in [1.54, 1.807) is 18.2 Å². The Morgan fingerprint density at radius 2 is 1.53 bits per heavy atom. The molecule has 0 saturated heterocycles. The number of nitrogens with one attached hydrogen (secondary N) is 2. The molecule has 34 heavy (non-hydrogen) atoms. The van der Waals surface area contributed by atoms with Gasteiger partial charge in [-0.2, -0.15) is 0 Å². The van der Waals surface area contributed by atoms with Gasteiger partial charge in [0.05, 0.1) is 0 Å². The van der Waals surface area contributed by atoms with Gasteiger partial charge >= 0.3 is 0 Å². The molecule has 0 aliphatic carbocycles. The molecule has 3 aromatic carbocycles. The standard InChI is InChI=1S/C27H26N4O3/c1-31(2)22-15-9-14-21(18-22)27(33)30-29-23(32)16-17-24-28-25(19-10-5-3-6-11-19)26(34-24)20-12-7-4-8-13-20/h3-15,18H,16-17H2,1-2H3,(H,29,32)(H,30,33). The van der Waals surface area contributed by atoms with Gasteiger partial charge in [-0.25, -0.2) is 4.98 Å². The third-order valence-corrected chi connectivity index (χ3v) is 5.26. The lowest BCUT2D eigenvalue weighted by atomic mass is 10.1. The van der Waals surface area contributed by atoms with E-state index in [-0.39, 0.29) is 18.2 Å². The van der Waals surface area contributed by atoms with Crippen molar-refractivity contribution >= 4 is 17.5 Å². The Kier molecular flexibility index (Phi) is 7.03. The fourth-order valence-corrected chi connectivity index (χ4v) is 3.46. The molecular formula is C27H26N4O3. The van der Waals surface area contributed by atoms with Crippen LogP contribution < -0.4 is 15.8 Å². The summed E-state index contributed by atoms with van der Waals surface area (Å²) >= 11 is 0. The summed E-state index contributed by atoms with van der Waals surface area (Å²) in [5.41, 5.74) is 8.86. The van der Waals surface area contributed by atoms with Gasteiger partial charge in [0.1, 0.15) is 5.69 Å². The number of carbonyl (C=O) groups excluding carboxylic acids is 2. The van der Waals surface area contributed by atoms with Gasteiger partial charge in [0.2, 0.25) is 5.91 Å². The number of aryl methyl sites for hydroxylation is 1. The summed E-state index contributed by atoms with van der Waals surface area (Å²) in [4.78, 5) is 31.3. The number of hydrogen-bond acceptors (Lipinski definition) is 5. The first-order valence-corrected chi connectivity index (χ1v) is 11.0. The maximum absolute atomic E-state index is 12.4. The molecule has 2 amide bonds. The minimum Gasteiger partial charge on any atom is -0.440 e. The number of oxazole rings is 1. The normalized spacial score (nSPS) is 10.5. The molecule has 1 aromatic heterocycles. The van der Waals surface area contributed by atoms with E-state index < -0.39 is 0 Å². The number of aromatic nitrogens is 1. The third kappa shape index (κ3) is 5.50. The van der Waals surface area contributed by atoms with Crippen LogP contribution in [-0.2, 0) is 11.2 Å². The summed E-state index contributed by atoms with van der Waals surface area (Å²) < 4.78 is 6.05. The van der Waals surface area contributed by atoms with E-state index in [4.69, 9.17) is 4.42 Å². The number of benzene rings is 3. The summed E-state index contributed by atoms with van der Waals surface area (Å²) in [7, 11) is 3.79. The molecule has 7 heteroatoms. The number of nitrogens with zero attached hydrogens (tertiary/aromatic N) is 2. The highest BCUT2D eigenvalue weighted by Crippen LogP contribution is 2.32. The zero-order valence-electron chi connectivity index (χ0n) is 19.1. The SMILES string of the molecule is CN(C)c1cccc(C(=O)NNC(=O)CCc2nc(-c3ccccc3)c(-c3ccccc3)o2)c1. The maximum Gasteiger partial charge on any atom is 0.269 e. The number of amides is 2. The topological polar surface area (TPSA) is 87.5 Å². The lowest BCUT2D eigenvalue weighted by Crippen LogP contribution is -2.41. The van der Waals surface area contributed by atoms with Gasteiger partial charge < -0.3 is 9.32 Å². The maximum atomic E-state index is 12.4. The first-order chi connectivity index (χ1) is 16.5.